The van der Waals surface area contributed by atoms with E-state index in [2.05, 4.69) is 39.8 Å². The minimum Gasteiger partial charge on any atom is -0.493 e. The van der Waals surface area contributed by atoms with Crippen molar-refractivity contribution in [3.05, 3.63) is 57.6 Å². The van der Waals surface area contributed by atoms with Crippen LogP contribution in [0.15, 0.2) is 36.4 Å². The zero-order valence-electron chi connectivity index (χ0n) is 17.0. The summed E-state index contributed by atoms with van der Waals surface area (Å²) in [6, 6.07) is 12.1. The monoisotopic (exact) mass is 442 g/mol. The second kappa shape index (κ2) is 10.6. The molecule has 0 spiro atoms. The third-order valence-electron chi connectivity index (χ3n) is 5.05. The molecule has 0 N–H and O–H groups in total. The van der Waals surface area contributed by atoms with Crippen LogP contribution >= 0.6 is 34.8 Å². The van der Waals surface area contributed by atoms with Crippen molar-refractivity contribution in [3.63, 3.8) is 0 Å². The van der Waals surface area contributed by atoms with Gasteiger partial charge in [-0.1, -0.05) is 69.5 Å². The predicted octanol–water partition coefficient (Wildman–Crippen LogP) is 7.75. The molecule has 2 rings (SSSR count). The van der Waals surface area contributed by atoms with Crippen LogP contribution in [-0.2, 0) is 5.41 Å². The third kappa shape index (κ3) is 5.95. The molecule has 5 heteroatoms. The highest BCUT2D eigenvalue weighted by Crippen LogP contribution is 2.40. The number of hydrogen-bond donors (Lipinski definition) is 0. The Morgan fingerprint density at radius 3 is 2.11 bits per heavy atom. The summed E-state index contributed by atoms with van der Waals surface area (Å²) in [5.41, 5.74) is 1.92. The van der Waals surface area contributed by atoms with Gasteiger partial charge in [0.1, 0.15) is 5.75 Å². The van der Waals surface area contributed by atoms with E-state index in [-0.39, 0.29) is 5.41 Å². The zero-order valence-corrected chi connectivity index (χ0v) is 19.3. The van der Waals surface area contributed by atoms with Gasteiger partial charge in [-0.3, -0.25) is 0 Å². The maximum Gasteiger partial charge on any atom is 0.156 e. The van der Waals surface area contributed by atoms with Gasteiger partial charge in [0, 0.05) is 11.3 Å². The summed E-state index contributed by atoms with van der Waals surface area (Å²) in [5, 5.41) is 1.03. The smallest absolute Gasteiger partial charge is 0.156 e. The first kappa shape index (κ1) is 23.2. The maximum absolute atomic E-state index is 6.45. The Bertz CT molecular complexity index is 734. The number of benzene rings is 2. The van der Waals surface area contributed by atoms with Crippen LogP contribution in [0.2, 0.25) is 10.0 Å². The van der Waals surface area contributed by atoms with E-state index in [1.54, 1.807) is 0 Å². The lowest BCUT2D eigenvalue weighted by Gasteiger charge is -2.27. The van der Waals surface area contributed by atoms with Crippen LogP contribution in [0.3, 0.4) is 0 Å². The van der Waals surface area contributed by atoms with Gasteiger partial charge in [0.2, 0.25) is 0 Å². The van der Waals surface area contributed by atoms with Gasteiger partial charge in [-0.2, -0.15) is 0 Å². The molecule has 0 amide bonds. The minimum absolute atomic E-state index is 0.267. The third-order valence-corrected chi connectivity index (χ3v) is 5.88. The zero-order chi connectivity index (χ0) is 20.7. The Kier molecular flexibility index (Phi) is 8.80. The summed E-state index contributed by atoms with van der Waals surface area (Å²) in [6.07, 6.45) is 1.85. The van der Waals surface area contributed by atoms with Gasteiger partial charge >= 0.3 is 0 Å². The standard InChI is InChI=1S/C23H29Cl3O2/c1-5-16(2)15-28-19-9-7-17(8-10-19)23(3,4)18-13-20(25)22(21(26)14-18)27-12-6-11-24/h7-10,13-14,16H,5-6,11-12,15H2,1-4H3/t16-/m1/s1. The molecule has 0 bridgehead atoms. The van der Waals surface area contributed by atoms with E-state index < -0.39 is 0 Å². The summed E-state index contributed by atoms with van der Waals surface area (Å²) < 4.78 is 11.6. The molecule has 28 heavy (non-hydrogen) atoms. The fourth-order valence-electron chi connectivity index (χ4n) is 2.78. The topological polar surface area (TPSA) is 18.5 Å². The number of hydrogen-bond acceptors (Lipinski definition) is 2. The fraction of sp³-hybridized carbons (Fsp3) is 0.478. The van der Waals surface area contributed by atoms with Gasteiger partial charge in [-0.15, -0.1) is 11.6 Å². The summed E-state index contributed by atoms with van der Waals surface area (Å²) in [5.74, 6) is 2.49. The fourth-order valence-corrected chi connectivity index (χ4v) is 3.48. The number of rotatable bonds is 10. The highest BCUT2D eigenvalue weighted by Gasteiger charge is 2.25. The maximum atomic E-state index is 6.45. The molecule has 0 aliphatic heterocycles. The average molecular weight is 444 g/mol. The van der Waals surface area contributed by atoms with E-state index in [0.29, 0.717) is 34.2 Å². The number of halogens is 3. The molecule has 2 aromatic rings. The Labute approximate surface area is 184 Å². The van der Waals surface area contributed by atoms with Crippen molar-refractivity contribution < 1.29 is 9.47 Å². The number of alkyl halides is 1. The van der Waals surface area contributed by atoms with Crippen LogP contribution in [0.1, 0.15) is 51.7 Å². The molecule has 0 aliphatic rings. The van der Waals surface area contributed by atoms with Crippen molar-refractivity contribution >= 4 is 34.8 Å². The van der Waals surface area contributed by atoms with Crippen molar-refractivity contribution in [2.24, 2.45) is 5.92 Å². The second-order valence-electron chi connectivity index (χ2n) is 7.63. The van der Waals surface area contributed by atoms with Crippen LogP contribution in [0.25, 0.3) is 0 Å². The van der Waals surface area contributed by atoms with E-state index in [0.717, 1.165) is 36.3 Å². The van der Waals surface area contributed by atoms with Crippen molar-refractivity contribution in [1.29, 1.82) is 0 Å². The van der Waals surface area contributed by atoms with E-state index >= 15 is 0 Å². The molecule has 0 aromatic heterocycles. The molecule has 2 aromatic carbocycles. The summed E-state index contributed by atoms with van der Waals surface area (Å²) in [6.45, 7) is 9.88. The molecular formula is C23H29Cl3O2. The number of ether oxygens (including phenoxy) is 2. The quantitative estimate of drug-likeness (QED) is 0.276. The minimum atomic E-state index is -0.267. The largest absolute Gasteiger partial charge is 0.493 e. The molecule has 0 heterocycles. The van der Waals surface area contributed by atoms with E-state index in [9.17, 15) is 0 Å². The Morgan fingerprint density at radius 1 is 0.964 bits per heavy atom. The lowest BCUT2D eigenvalue weighted by atomic mass is 9.78. The van der Waals surface area contributed by atoms with Gasteiger partial charge in [0.05, 0.1) is 23.3 Å². The van der Waals surface area contributed by atoms with Crippen LogP contribution in [0, 0.1) is 5.92 Å². The molecule has 0 fully saturated rings. The van der Waals surface area contributed by atoms with Crippen molar-refractivity contribution in [1.82, 2.24) is 0 Å². The lowest BCUT2D eigenvalue weighted by Crippen LogP contribution is -2.19. The van der Waals surface area contributed by atoms with Crippen LogP contribution in [0.4, 0.5) is 0 Å². The van der Waals surface area contributed by atoms with Gasteiger partial charge in [0.15, 0.2) is 5.75 Å². The Balaban J connectivity index is 2.19. The highest BCUT2D eigenvalue weighted by molar-refractivity contribution is 6.37. The summed E-state index contributed by atoms with van der Waals surface area (Å²) >= 11 is 18.6. The van der Waals surface area contributed by atoms with Crippen molar-refractivity contribution in [3.8, 4) is 11.5 Å². The van der Waals surface area contributed by atoms with E-state index in [1.165, 1.54) is 0 Å². The highest BCUT2D eigenvalue weighted by atomic mass is 35.5. The van der Waals surface area contributed by atoms with Crippen LogP contribution in [-0.4, -0.2) is 19.1 Å². The molecule has 2 nitrogen and oxygen atoms in total. The van der Waals surface area contributed by atoms with Crippen LogP contribution < -0.4 is 9.47 Å². The molecular weight excluding hydrogens is 415 g/mol. The van der Waals surface area contributed by atoms with Gasteiger partial charge in [0.25, 0.3) is 0 Å². The normalized spacial score (nSPS) is 12.7. The van der Waals surface area contributed by atoms with Crippen molar-refractivity contribution in [2.75, 3.05) is 19.1 Å². The van der Waals surface area contributed by atoms with Crippen LogP contribution in [0.5, 0.6) is 11.5 Å². The first-order chi connectivity index (χ1) is 13.3. The van der Waals surface area contributed by atoms with Crippen molar-refractivity contribution in [2.45, 2.75) is 46.0 Å². The molecule has 0 radical (unpaired) electrons. The second-order valence-corrected chi connectivity index (χ2v) is 8.83. The Hall–Kier alpha value is -1.09. The molecule has 1 atom stereocenters. The van der Waals surface area contributed by atoms with Gasteiger partial charge in [-0.05, 0) is 47.7 Å². The molecule has 0 unspecified atom stereocenters. The molecule has 0 saturated heterocycles. The molecule has 0 saturated carbocycles. The summed E-state index contributed by atoms with van der Waals surface area (Å²) in [7, 11) is 0. The summed E-state index contributed by atoms with van der Waals surface area (Å²) in [4.78, 5) is 0. The lowest BCUT2D eigenvalue weighted by molar-refractivity contribution is 0.256. The SMILES string of the molecule is CC[C@@H](C)COc1ccc(C(C)(C)c2cc(Cl)c(OCCCCl)c(Cl)c2)cc1. The average Bonchev–Trinajstić information content (AvgIpc) is 2.68. The first-order valence-corrected chi connectivity index (χ1v) is 11.0. The predicted molar refractivity (Wildman–Crippen MR) is 121 cm³/mol. The van der Waals surface area contributed by atoms with Gasteiger partial charge < -0.3 is 9.47 Å². The molecule has 154 valence electrons. The first-order valence-electron chi connectivity index (χ1n) is 9.71. The Morgan fingerprint density at radius 2 is 1.57 bits per heavy atom. The molecule has 0 aliphatic carbocycles. The van der Waals surface area contributed by atoms with Gasteiger partial charge in [-0.25, -0.2) is 0 Å². The van der Waals surface area contributed by atoms with E-state index in [1.807, 2.05) is 24.3 Å². The van der Waals surface area contributed by atoms with E-state index in [4.69, 9.17) is 44.3 Å².